The second-order valence-electron chi connectivity index (χ2n) is 8.03. The molecular weight excluding hydrogens is 501 g/mol. The predicted octanol–water partition coefficient (Wildman–Crippen LogP) is 4.70. The van der Waals surface area contributed by atoms with Crippen LogP contribution in [0.1, 0.15) is 28.4 Å². The number of ketones is 1. The van der Waals surface area contributed by atoms with E-state index >= 15 is 0 Å². The Kier molecular flexibility index (Phi) is 6.81. The number of likely N-dealkylation sites (tertiary alicyclic amines) is 1. The molecule has 1 N–H and O–H groups in total. The van der Waals surface area contributed by atoms with Gasteiger partial charge in [-0.1, -0.05) is 6.07 Å². The molecule has 0 spiro atoms. The summed E-state index contributed by atoms with van der Waals surface area (Å²) < 4.78 is 51.5. The summed E-state index contributed by atoms with van der Waals surface area (Å²) in [6.07, 6.45) is -3.20. The number of carboxylic acid groups (broad SMARTS) is 1. The fourth-order valence-electron chi connectivity index (χ4n) is 3.51. The van der Waals surface area contributed by atoms with Gasteiger partial charge in [-0.3, -0.25) is 14.4 Å². The number of carboxylic acids is 1. The number of nitrogens with zero attached hydrogens (tertiary/aromatic N) is 2. The van der Waals surface area contributed by atoms with Crippen LogP contribution >= 0.6 is 11.8 Å². The Labute approximate surface area is 207 Å². The normalized spacial score (nSPS) is 17.1. The van der Waals surface area contributed by atoms with Crippen LogP contribution in [0.5, 0.6) is 17.2 Å². The van der Waals surface area contributed by atoms with E-state index in [2.05, 4.69) is 4.99 Å². The van der Waals surface area contributed by atoms with E-state index in [-0.39, 0.29) is 30.2 Å². The molecule has 36 heavy (non-hydrogen) atoms. The van der Waals surface area contributed by atoms with Crippen LogP contribution in [0.25, 0.3) is 6.08 Å². The third-order valence-electron chi connectivity index (χ3n) is 5.51. The van der Waals surface area contributed by atoms with E-state index in [1.807, 2.05) is 0 Å². The molecule has 1 saturated heterocycles. The lowest BCUT2D eigenvalue weighted by Crippen LogP contribution is -2.51. The van der Waals surface area contributed by atoms with Crippen LogP contribution in [-0.4, -0.2) is 53.0 Å². The van der Waals surface area contributed by atoms with Crippen molar-refractivity contribution in [3.8, 4) is 17.2 Å². The van der Waals surface area contributed by atoms with Gasteiger partial charge in [-0.2, -0.15) is 18.2 Å². The fraction of sp³-hybridized carbons (Fsp3) is 0.250. The SMILES string of the molecule is COc1cc(/C=C2\SC(N3CC(C(=O)O)C3)=NC2=O)ccc1Oc1ccc(C(C)=O)cc1C(F)(F)F. The quantitative estimate of drug-likeness (QED) is 0.432. The van der Waals surface area contributed by atoms with Gasteiger partial charge in [0.15, 0.2) is 22.4 Å². The predicted molar refractivity (Wildman–Crippen MR) is 125 cm³/mol. The van der Waals surface area contributed by atoms with Crippen molar-refractivity contribution in [3.05, 3.63) is 58.0 Å². The Balaban J connectivity index is 1.54. The van der Waals surface area contributed by atoms with Crippen LogP contribution in [-0.2, 0) is 15.8 Å². The van der Waals surface area contributed by atoms with Crippen molar-refractivity contribution >= 4 is 40.7 Å². The number of hydrogen-bond donors (Lipinski definition) is 1. The maximum absolute atomic E-state index is 13.6. The van der Waals surface area contributed by atoms with Gasteiger partial charge in [0, 0.05) is 18.7 Å². The average molecular weight is 520 g/mol. The Morgan fingerprint density at radius 1 is 1.14 bits per heavy atom. The van der Waals surface area contributed by atoms with Crippen LogP contribution < -0.4 is 9.47 Å². The molecule has 2 aromatic carbocycles. The third kappa shape index (κ3) is 5.23. The molecule has 0 radical (unpaired) electrons. The molecule has 0 unspecified atom stereocenters. The first-order valence-electron chi connectivity index (χ1n) is 10.5. The van der Waals surface area contributed by atoms with E-state index in [1.165, 1.54) is 38.3 Å². The van der Waals surface area contributed by atoms with Gasteiger partial charge < -0.3 is 19.5 Å². The molecular formula is C24H19F3N2O6S. The Hall–Kier alpha value is -3.80. The molecule has 1 fully saturated rings. The first-order chi connectivity index (χ1) is 17.0. The smallest absolute Gasteiger partial charge is 0.420 e. The molecule has 8 nitrogen and oxygen atoms in total. The summed E-state index contributed by atoms with van der Waals surface area (Å²) in [5.41, 5.74) is -0.681. The Bertz CT molecular complexity index is 1320. The van der Waals surface area contributed by atoms with E-state index in [1.54, 1.807) is 11.0 Å². The van der Waals surface area contributed by atoms with Crippen LogP contribution in [0.4, 0.5) is 13.2 Å². The molecule has 2 aliphatic rings. The van der Waals surface area contributed by atoms with Crippen molar-refractivity contribution in [1.29, 1.82) is 0 Å². The van der Waals surface area contributed by atoms with Crippen molar-refractivity contribution < 1.29 is 42.1 Å². The fourth-order valence-corrected chi connectivity index (χ4v) is 4.44. The number of aliphatic carboxylic acids is 1. The number of carbonyl (C=O) groups is 3. The number of methoxy groups -OCH3 is 1. The number of alkyl halides is 3. The van der Waals surface area contributed by atoms with Crippen LogP contribution in [0, 0.1) is 5.92 Å². The van der Waals surface area contributed by atoms with Crippen molar-refractivity contribution in [2.24, 2.45) is 10.9 Å². The summed E-state index contributed by atoms with van der Waals surface area (Å²) in [6.45, 7) is 1.72. The summed E-state index contributed by atoms with van der Waals surface area (Å²) >= 11 is 1.11. The van der Waals surface area contributed by atoms with E-state index in [0.29, 0.717) is 15.6 Å². The highest BCUT2D eigenvalue weighted by atomic mass is 32.2. The first kappa shape index (κ1) is 25.3. The molecule has 4 rings (SSSR count). The summed E-state index contributed by atoms with van der Waals surface area (Å²) in [7, 11) is 1.32. The van der Waals surface area contributed by atoms with Gasteiger partial charge in [0.25, 0.3) is 5.91 Å². The highest BCUT2D eigenvalue weighted by Gasteiger charge is 2.38. The monoisotopic (exact) mass is 520 g/mol. The molecule has 0 atom stereocenters. The van der Waals surface area contributed by atoms with Crippen LogP contribution in [0.3, 0.4) is 0 Å². The van der Waals surface area contributed by atoms with E-state index in [4.69, 9.17) is 14.6 Å². The maximum atomic E-state index is 13.6. The van der Waals surface area contributed by atoms with Gasteiger partial charge in [0.05, 0.1) is 23.5 Å². The molecule has 2 aliphatic heterocycles. The summed E-state index contributed by atoms with van der Waals surface area (Å²) in [6, 6.07) is 7.50. The highest BCUT2D eigenvalue weighted by molar-refractivity contribution is 8.18. The lowest BCUT2D eigenvalue weighted by Gasteiger charge is -2.37. The number of aliphatic imine (C=N–C) groups is 1. The topological polar surface area (TPSA) is 106 Å². The van der Waals surface area contributed by atoms with Crippen LogP contribution in [0.15, 0.2) is 46.3 Å². The van der Waals surface area contributed by atoms with Gasteiger partial charge in [-0.25, -0.2) is 0 Å². The van der Waals surface area contributed by atoms with Gasteiger partial charge in [-0.15, -0.1) is 0 Å². The summed E-state index contributed by atoms with van der Waals surface area (Å²) in [5, 5.41) is 9.42. The molecule has 0 aliphatic carbocycles. The zero-order valence-corrected chi connectivity index (χ0v) is 19.8. The molecule has 2 heterocycles. The number of thioether (sulfide) groups is 1. The summed E-state index contributed by atoms with van der Waals surface area (Å²) in [5.74, 6) is -2.75. The van der Waals surface area contributed by atoms with E-state index in [9.17, 15) is 27.6 Å². The molecule has 0 aromatic heterocycles. The molecule has 0 bridgehead atoms. The number of amidine groups is 1. The Morgan fingerprint density at radius 2 is 1.83 bits per heavy atom. The largest absolute Gasteiger partial charge is 0.493 e. The average Bonchev–Trinajstić information content (AvgIpc) is 3.12. The van der Waals surface area contributed by atoms with Gasteiger partial charge in [-0.05, 0) is 60.7 Å². The lowest BCUT2D eigenvalue weighted by atomic mass is 10.0. The second-order valence-corrected chi connectivity index (χ2v) is 9.04. The minimum atomic E-state index is -4.75. The highest BCUT2D eigenvalue weighted by Crippen LogP contribution is 2.41. The van der Waals surface area contributed by atoms with Gasteiger partial charge >= 0.3 is 12.1 Å². The molecule has 1 amide bonds. The van der Waals surface area contributed by atoms with Gasteiger partial charge in [0.1, 0.15) is 5.75 Å². The minimum absolute atomic E-state index is 0.00311. The van der Waals surface area contributed by atoms with Crippen LogP contribution in [0.2, 0.25) is 0 Å². The summed E-state index contributed by atoms with van der Waals surface area (Å²) in [4.78, 5) is 40.8. The van der Waals surface area contributed by atoms with E-state index < -0.39 is 41.1 Å². The number of ether oxygens (including phenoxy) is 2. The number of halogens is 3. The van der Waals surface area contributed by atoms with E-state index in [0.717, 1.165) is 23.9 Å². The number of amides is 1. The number of carbonyl (C=O) groups excluding carboxylic acids is 2. The first-order valence-corrected chi connectivity index (χ1v) is 11.4. The lowest BCUT2D eigenvalue weighted by molar-refractivity contribution is -0.145. The standard InChI is InChI=1S/C24H19F3N2O6S/c1-12(30)14-4-6-17(16(9-14)24(25,26)27)35-18-5-3-13(7-19(18)34-2)8-20-21(31)28-23(36-20)29-10-15(11-29)22(32)33/h3-9,15H,10-11H2,1-2H3,(H,32,33)/b20-8-. The second kappa shape index (κ2) is 9.69. The zero-order chi connectivity index (χ0) is 26.2. The zero-order valence-electron chi connectivity index (χ0n) is 19.0. The number of hydrogen-bond acceptors (Lipinski definition) is 7. The number of rotatable bonds is 6. The molecule has 0 saturated carbocycles. The Morgan fingerprint density at radius 3 is 2.44 bits per heavy atom. The van der Waals surface area contributed by atoms with Crippen molar-refractivity contribution in [2.45, 2.75) is 13.1 Å². The number of Topliss-reactive ketones (excluding diaryl/α,β-unsaturated/α-hetero) is 1. The number of benzene rings is 2. The van der Waals surface area contributed by atoms with Crippen molar-refractivity contribution in [2.75, 3.05) is 20.2 Å². The molecule has 188 valence electrons. The van der Waals surface area contributed by atoms with Crippen molar-refractivity contribution in [3.63, 3.8) is 0 Å². The maximum Gasteiger partial charge on any atom is 0.420 e. The minimum Gasteiger partial charge on any atom is -0.493 e. The molecule has 2 aromatic rings. The molecule has 12 heteroatoms. The van der Waals surface area contributed by atoms with Gasteiger partial charge in [0.2, 0.25) is 0 Å². The third-order valence-corrected chi connectivity index (χ3v) is 6.55. The van der Waals surface area contributed by atoms with Crippen molar-refractivity contribution in [1.82, 2.24) is 4.90 Å².